The first-order valence-corrected chi connectivity index (χ1v) is 11.1. The van der Waals surface area contributed by atoms with Crippen LogP contribution in [0.2, 0.25) is 0 Å². The number of carbonyl (C=O) groups is 2. The fourth-order valence-corrected chi connectivity index (χ4v) is 5.14. The summed E-state index contributed by atoms with van der Waals surface area (Å²) in [4.78, 5) is 30.5. The van der Waals surface area contributed by atoms with E-state index in [1.54, 1.807) is 0 Å². The molecule has 1 aliphatic heterocycles. The molecule has 2 N–H and O–H groups in total. The summed E-state index contributed by atoms with van der Waals surface area (Å²) in [6.45, 7) is 4.61. The van der Waals surface area contributed by atoms with E-state index in [1.807, 2.05) is 35.5 Å². The van der Waals surface area contributed by atoms with Crippen LogP contribution in [-0.4, -0.2) is 75.1 Å². The number of H-pyrrole nitrogens is 1. The fraction of sp³-hybridized carbons (Fsp3) is 0.565. The van der Waals surface area contributed by atoms with Crippen LogP contribution in [-0.2, 0) is 16.0 Å². The number of fused-ring (bicyclic) bond motifs is 1. The summed E-state index contributed by atoms with van der Waals surface area (Å²) in [5.41, 5.74) is 1.90. The van der Waals surface area contributed by atoms with Gasteiger partial charge in [-0.25, -0.2) is 9.80 Å². The molecule has 2 fully saturated rings. The summed E-state index contributed by atoms with van der Waals surface area (Å²) in [5.74, 6) is -1.18. The van der Waals surface area contributed by atoms with Crippen molar-refractivity contribution in [3.8, 4) is 0 Å². The Labute approximate surface area is 177 Å². The van der Waals surface area contributed by atoms with E-state index < -0.39 is 12.0 Å². The molecule has 1 aromatic carbocycles. The minimum absolute atomic E-state index is 0.214. The van der Waals surface area contributed by atoms with E-state index in [9.17, 15) is 14.7 Å². The van der Waals surface area contributed by atoms with Crippen molar-refractivity contribution in [2.75, 3.05) is 26.2 Å². The standard InChI is InChI=1S/C23H32N4O3/c1-17(28)27(26-13-11-25(12-14-26)19-7-3-2-4-8-19)22(23(29)30)15-18-16-24-21-10-6-5-9-20(18)21/h5-6,9-10,16,19,22,24H,2-4,7-8,11-15H2,1H3,(H,29,30). The first kappa shape index (κ1) is 20.9. The summed E-state index contributed by atoms with van der Waals surface area (Å²) in [6, 6.07) is 7.59. The van der Waals surface area contributed by atoms with Gasteiger partial charge in [0.15, 0.2) is 0 Å². The second kappa shape index (κ2) is 9.18. The van der Waals surface area contributed by atoms with Crippen molar-refractivity contribution >= 4 is 22.8 Å². The van der Waals surface area contributed by atoms with Crippen LogP contribution in [0.25, 0.3) is 10.9 Å². The molecule has 0 spiro atoms. The normalized spacial score (nSPS) is 20.3. The molecule has 1 amide bonds. The number of aromatic nitrogens is 1. The lowest BCUT2D eigenvalue weighted by Gasteiger charge is -2.45. The van der Waals surface area contributed by atoms with Gasteiger partial charge in [0, 0.05) is 62.7 Å². The number of piperazine rings is 1. The predicted octanol–water partition coefficient (Wildman–Crippen LogP) is 2.88. The summed E-state index contributed by atoms with van der Waals surface area (Å²) in [6.07, 6.45) is 8.60. The Morgan fingerprint density at radius 2 is 1.83 bits per heavy atom. The van der Waals surface area contributed by atoms with E-state index >= 15 is 0 Å². The third-order valence-electron chi connectivity index (χ3n) is 6.68. The number of hydrogen-bond donors (Lipinski definition) is 2. The third-order valence-corrected chi connectivity index (χ3v) is 6.68. The van der Waals surface area contributed by atoms with Crippen molar-refractivity contribution in [1.29, 1.82) is 0 Å². The molecule has 1 saturated heterocycles. The lowest BCUT2D eigenvalue weighted by molar-refractivity contribution is -0.171. The number of nitrogens with zero attached hydrogens (tertiary/aromatic N) is 3. The van der Waals surface area contributed by atoms with E-state index in [1.165, 1.54) is 44.0 Å². The van der Waals surface area contributed by atoms with Crippen LogP contribution in [0.1, 0.15) is 44.6 Å². The molecule has 1 aliphatic carbocycles. The van der Waals surface area contributed by atoms with Crippen molar-refractivity contribution in [2.24, 2.45) is 0 Å². The zero-order valence-electron chi connectivity index (χ0n) is 17.7. The lowest BCUT2D eigenvalue weighted by Crippen LogP contribution is -2.61. The molecule has 30 heavy (non-hydrogen) atoms. The molecule has 7 heteroatoms. The van der Waals surface area contributed by atoms with E-state index in [0.717, 1.165) is 29.6 Å². The molecular formula is C23H32N4O3. The van der Waals surface area contributed by atoms with Crippen molar-refractivity contribution in [2.45, 2.75) is 57.5 Å². The molecule has 1 unspecified atom stereocenters. The molecule has 1 atom stereocenters. The zero-order valence-corrected chi connectivity index (χ0v) is 17.7. The molecule has 7 nitrogen and oxygen atoms in total. The van der Waals surface area contributed by atoms with E-state index in [0.29, 0.717) is 19.1 Å². The molecule has 2 aromatic rings. The quantitative estimate of drug-likeness (QED) is 0.763. The first-order chi connectivity index (χ1) is 14.5. The minimum Gasteiger partial charge on any atom is -0.480 e. The Balaban J connectivity index is 1.48. The van der Waals surface area contributed by atoms with E-state index in [2.05, 4.69) is 9.88 Å². The zero-order chi connectivity index (χ0) is 21.1. The second-order valence-electron chi connectivity index (χ2n) is 8.56. The Morgan fingerprint density at radius 1 is 1.13 bits per heavy atom. The summed E-state index contributed by atoms with van der Waals surface area (Å²) >= 11 is 0. The molecule has 4 rings (SSSR count). The van der Waals surface area contributed by atoms with Gasteiger partial charge in [-0.2, -0.15) is 0 Å². The Hall–Kier alpha value is -2.38. The van der Waals surface area contributed by atoms with Crippen molar-refractivity contribution in [1.82, 2.24) is 19.9 Å². The van der Waals surface area contributed by atoms with Crippen LogP contribution >= 0.6 is 0 Å². The van der Waals surface area contributed by atoms with Crippen molar-refractivity contribution in [3.63, 3.8) is 0 Å². The molecule has 2 heterocycles. The molecule has 162 valence electrons. The number of benzene rings is 1. The minimum atomic E-state index is -0.967. The molecule has 1 saturated carbocycles. The largest absolute Gasteiger partial charge is 0.480 e. The number of carboxylic acids is 1. The van der Waals surface area contributed by atoms with Crippen LogP contribution in [0.3, 0.4) is 0 Å². The highest BCUT2D eigenvalue weighted by Crippen LogP contribution is 2.25. The number of aromatic amines is 1. The maximum Gasteiger partial charge on any atom is 0.328 e. The van der Waals surface area contributed by atoms with Gasteiger partial charge >= 0.3 is 5.97 Å². The van der Waals surface area contributed by atoms with Gasteiger partial charge in [-0.05, 0) is 24.5 Å². The maximum absolute atomic E-state index is 12.6. The Morgan fingerprint density at radius 3 is 2.50 bits per heavy atom. The van der Waals surface area contributed by atoms with Crippen LogP contribution in [0.15, 0.2) is 30.5 Å². The molecule has 2 aliphatic rings. The highest BCUT2D eigenvalue weighted by atomic mass is 16.4. The molecule has 1 aromatic heterocycles. The van der Waals surface area contributed by atoms with Crippen molar-refractivity contribution < 1.29 is 14.7 Å². The van der Waals surface area contributed by atoms with Gasteiger partial charge in [0.1, 0.15) is 6.04 Å². The SMILES string of the molecule is CC(=O)N(C(Cc1c[nH]c2ccccc12)C(=O)O)N1CCN(C2CCCCC2)CC1. The van der Waals surface area contributed by atoms with Crippen molar-refractivity contribution in [3.05, 3.63) is 36.0 Å². The number of para-hydroxylation sites is 1. The van der Waals surface area contributed by atoms with Gasteiger partial charge in [0.2, 0.25) is 5.91 Å². The van der Waals surface area contributed by atoms with Gasteiger partial charge < -0.3 is 10.1 Å². The molecule has 0 bridgehead atoms. The maximum atomic E-state index is 12.6. The highest BCUT2D eigenvalue weighted by Gasteiger charge is 2.35. The highest BCUT2D eigenvalue weighted by molar-refractivity contribution is 5.86. The van der Waals surface area contributed by atoms with Crippen LogP contribution in [0, 0.1) is 0 Å². The number of nitrogens with one attached hydrogen (secondary N) is 1. The average molecular weight is 413 g/mol. The monoisotopic (exact) mass is 412 g/mol. The van der Waals surface area contributed by atoms with Gasteiger partial charge in [0.05, 0.1) is 0 Å². The number of hydrogen-bond acceptors (Lipinski definition) is 4. The topological polar surface area (TPSA) is 79.9 Å². The van der Waals surface area contributed by atoms with Gasteiger partial charge in [0.25, 0.3) is 0 Å². The summed E-state index contributed by atoms with van der Waals surface area (Å²) in [7, 11) is 0. The molecular weight excluding hydrogens is 380 g/mol. The van der Waals surface area contributed by atoms with E-state index in [-0.39, 0.29) is 12.3 Å². The van der Waals surface area contributed by atoms with E-state index in [4.69, 9.17) is 0 Å². The smallest absolute Gasteiger partial charge is 0.328 e. The van der Waals surface area contributed by atoms with Crippen LogP contribution < -0.4 is 0 Å². The number of aliphatic carboxylic acids is 1. The van der Waals surface area contributed by atoms with Gasteiger partial charge in [-0.1, -0.05) is 37.5 Å². The lowest BCUT2D eigenvalue weighted by atomic mass is 9.94. The van der Waals surface area contributed by atoms with Crippen LogP contribution in [0.5, 0.6) is 0 Å². The first-order valence-electron chi connectivity index (χ1n) is 11.1. The Bertz CT molecular complexity index is 881. The second-order valence-corrected chi connectivity index (χ2v) is 8.56. The third kappa shape index (κ3) is 4.37. The Kier molecular flexibility index (Phi) is 6.39. The number of carbonyl (C=O) groups excluding carboxylic acids is 1. The number of carboxylic acid groups (broad SMARTS) is 1. The fourth-order valence-electron chi connectivity index (χ4n) is 5.14. The number of amides is 1. The summed E-state index contributed by atoms with van der Waals surface area (Å²) in [5, 5.41) is 14.5. The van der Waals surface area contributed by atoms with Gasteiger partial charge in [-0.15, -0.1) is 0 Å². The van der Waals surface area contributed by atoms with Crippen LogP contribution in [0.4, 0.5) is 0 Å². The van der Waals surface area contributed by atoms with Gasteiger partial charge in [-0.3, -0.25) is 14.7 Å². The number of rotatable bonds is 6. The molecule has 0 radical (unpaired) electrons. The number of hydrazine groups is 1. The predicted molar refractivity (Wildman–Crippen MR) is 116 cm³/mol. The summed E-state index contributed by atoms with van der Waals surface area (Å²) < 4.78 is 0. The average Bonchev–Trinajstić information content (AvgIpc) is 3.17.